The molecule has 0 radical (unpaired) electrons. The Morgan fingerprint density at radius 3 is 2.61 bits per heavy atom. The second-order valence-corrected chi connectivity index (χ2v) is 4.87. The summed E-state index contributed by atoms with van der Waals surface area (Å²) in [6.45, 7) is 2.19. The minimum atomic E-state index is -4.16. The van der Waals surface area contributed by atoms with Gasteiger partial charge >= 0.3 is 5.51 Å². The van der Waals surface area contributed by atoms with Crippen LogP contribution < -0.4 is 10.1 Å². The molecule has 0 aliphatic carbocycles. The molecule has 2 nitrogen and oxygen atoms in total. The van der Waals surface area contributed by atoms with Gasteiger partial charge in [-0.15, -0.1) is 0 Å². The van der Waals surface area contributed by atoms with Crippen LogP contribution in [0.1, 0.15) is 18.5 Å². The van der Waals surface area contributed by atoms with Crippen molar-refractivity contribution in [1.29, 1.82) is 0 Å². The summed E-state index contributed by atoms with van der Waals surface area (Å²) in [6.07, 6.45) is 0. The highest BCUT2D eigenvalue weighted by molar-refractivity contribution is 8.00. The van der Waals surface area contributed by atoms with Gasteiger partial charge in [-0.1, -0.05) is 18.2 Å². The Labute approximate surface area is 109 Å². The second kappa shape index (κ2) is 6.89. The lowest BCUT2D eigenvalue weighted by Gasteiger charge is -2.17. The minimum Gasteiger partial charge on any atom is -0.496 e. The van der Waals surface area contributed by atoms with E-state index in [1.54, 1.807) is 7.11 Å². The largest absolute Gasteiger partial charge is 0.496 e. The van der Waals surface area contributed by atoms with E-state index in [1.807, 2.05) is 31.2 Å². The van der Waals surface area contributed by atoms with E-state index in [0.29, 0.717) is 6.54 Å². The standard InChI is InChI=1S/C12H16F3NOS/c1-9(16-7-8-18-12(13,14)15)10-5-3-4-6-11(10)17-2/h3-6,9,16H,7-8H2,1-2H3/t9-/m1/s1. The van der Waals surface area contributed by atoms with Gasteiger partial charge < -0.3 is 10.1 Å². The van der Waals surface area contributed by atoms with Crippen LogP contribution in [0.5, 0.6) is 5.75 Å². The van der Waals surface area contributed by atoms with Crippen molar-refractivity contribution in [3.05, 3.63) is 29.8 Å². The van der Waals surface area contributed by atoms with Gasteiger partial charge in [0.05, 0.1) is 7.11 Å². The molecule has 1 rings (SSSR count). The lowest BCUT2D eigenvalue weighted by Crippen LogP contribution is -2.22. The zero-order chi connectivity index (χ0) is 13.6. The van der Waals surface area contributed by atoms with Crippen LogP contribution in [0, 0.1) is 0 Å². The fourth-order valence-electron chi connectivity index (χ4n) is 1.58. The summed E-state index contributed by atoms with van der Waals surface area (Å²) in [4.78, 5) is 0. The lowest BCUT2D eigenvalue weighted by atomic mass is 10.1. The van der Waals surface area contributed by atoms with Crippen molar-refractivity contribution < 1.29 is 17.9 Å². The van der Waals surface area contributed by atoms with E-state index in [4.69, 9.17) is 4.74 Å². The van der Waals surface area contributed by atoms with Crippen molar-refractivity contribution in [2.45, 2.75) is 18.5 Å². The first kappa shape index (κ1) is 15.2. The molecule has 6 heteroatoms. The first-order valence-electron chi connectivity index (χ1n) is 5.51. The van der Waals surface area contributed by atoms with Crippen LogP contribution in [0.2, 0.25) is 0 Å². The number of ether oxygens (including phenoxy) is 1. The second-order valence-electron chi connectivity index (χ2n) is 3.71. The summed E-state index contributed by atoms with van der Waals surface area (Å²) in [5, 5.41) is 3.05. The van der Waals surface area contributed by atoms with Gasteiger partial charge in [-0.25, -0.2) is 0 Å². The summed E-state index contributed by atoms with van der Waals surface area (Å²) in [5.74, 6) is 0.740. The number of nitrogens with one attached hydrogen (secondary N) is 1. The number of rotatable bonds is 6. The molecule has 18 heavy (non-hydrogen) atoms. The third-order valence-electron chi connectivity index (χ3n) is 2.42. The molecule has 0 saturated carbocycles. The topological polar surface area (TPSA) is 21.3 Å². The zero-order valence-corrected chi connectivity index (χ0v) is 11.1. The number of alkyl halides is 3. The van der Waals surface area contributed by atoms with Gasteiger partial charge in [0, 0.05) is 23.9 Å². The SMILES string of the molecule is COc1ccccc1[C@@H](C)NCCSC(F)(F)F. The van der Waals surface area contributed by atoms with E-state index in [9.17, 15) is 13.2 Å². The molecule has 1 atom stereocenters. The number of thioether (sulfide) groups is 1. The highest BCUT2D eigenvalue weighted by Gasteiger charge is 2.27. The van der Waals surface area contributed by atoms with E-state index in [-0.39, 0.29) is 23.6 Å². The van der Waals surface area contributed by atoms with Gasteiger partial charge in [0.2, 0.25) is 0 Å². The van der Waals surface area contributed by atoms with Crippen molar-refractivity contribution in [3.8, 4) is 5.75 Å². The average molecular weight is 279 g/mol. The van der Waals surface area contributed by atoms with Crippen molar-refractivity contribution in [2.24, 2.45) is 0 Å². The Hall–Kier alpha value is -0.880. The molecule has 102 valence electrons. The molecule has 0 bridgehead atoms. The van der Waals surface area contributed by atoms with Gasteiger partial charge in [0.25, 0.3) is 0 Å². The first-order valence-corrected chi connectivity index (χ1v) is 6.49. The summed E-state index contributed by atoms with van der Waals surface area (Å²) in [5.41, 5.74) is -3.22. The molecule has 0 spiro atoms. The Morgan fingerprint density at radius 2 is 2.00 bits per heavy atom. The summed E-state index contributed by atoms with van der Waals surface area (Å²) in [7, 11) is 1.57. The van der Waals surface area contributed by atoms with Crippen LogP contribution in [0.3, 0.4) is 0 Å². The molecule has 1 aromatic rings. The quantitative estimate of drug-likeness (QED) is 0.804. The maximum atomic E-state index is 11.9. The summed E-state index contributed by atoms with van der Waals surface area (Å²) in [6, 6.07) is 7.41. The highest BCUT2D eigenvalue weighted by atomic mass is 32.2. The predicted octanol–water partition coefficient (Wildman–Crippen LogP) is 3.60. The summed E-state index contributed by atoms with van der Waals surface area (Å²) >= 11 is -0.0131. The Kier molecular flexibility index (Phi) is 5.81. The smallest absolute Gasteiger partial charge is 0.441 e. The highest BCUT2D eigenvalue weighted by Crippen LogP contribution is 2.30. The van der Waals surface area contributed by atoms with Gasteiger partial charge in [-0.2, -0.15) is 13.2 Å². The van der Waals surface area contributed by atoms with Crippen LogP contribution in [0.15, 0.2) is 24.3 Å². The van der Waals surface area contributed by atoms with Crippen molar-refractivity contribution in [1.82, 2.24) is 5.32 Å². The molecule has 0 fully saturated rings. The Morgan fingerprint density at radius 1 is 1.33 bits per heavy atom. The van der Waals surface area contributed by atoms with Gasteiger partial charge in [0.1, 0.15) is 5.75 Å². The van der Waals surface area contributed by atoms with Crippen LogP contribution in [0.4, 0.5) is 13.2 Å². The van der Waals surface area contributed by atoms with E-state index in [0.717, 1.165) is 11.3 Å². The maximum Gasteiger partial charge on any atom is 0.441 e. The molecule has 0 amide bonds. The molecular formula is C12H16F3NOS. The number of benzene rings is 1. The van der Waals surface area contributed by atoms with Crippen LogP contribution in [-0.4, -0.2) is 24.9 Å². The van der Waals surface area contributed by atoms with E-state index < -0.39 is 5.51 Å². The summed E-state index contributed by atoms with van der Waals surface area (Å²) < 4.78 is 41.0. The lowest BCUT2D eigenvalue weighted by molar-refractivity contribution is -0.0327. The van der Waals surface area contributed by atoms with Crippen LogP contribution >= 0.6 is 11.8 Å². The fourth-order valence-corrected chi connectivity index (χ4v) is 2.03. The molecule has 0 aliphatic heterocycles. The Bertz CT molecular complexity index is 371. The van der Waals surface area contributed by atoms with E-state index in [1.165, 1.54) is 0 Å². The van der Waals surface area contributed by atoms with Crippen molar-refractivity contribution >= 4 is 11.8 Å². The van der Waals surface area contributed by atoms with Crippen LogP contribution in [0.25, 0.3) is 0 Å². The number of hydrogen-bond donors (Lipinski definition) is 1. The molecule has 0 aromatic heterocycles. The monoisotopic (exact) mass is 279 g/mol. The molecule has 1 aromatic carbocycles. The molecule has 0 heterocycles. The molecular weight excluding hydrogens is 263 g/mol. The molecule has 1 N–H and O–H groups in total. The van der Waals surface area contributed by atoms with E-state index >= 15 is 0 Å². The zero-order valence-electron chi connectivity index (χ0n) is 10.3. The maximum absolute atomic E-state index is 11.9. The third-order valence-corrected chi connectivity index (χ3v) is 3.16. The fraction of sp³-hybridized carbons (Fsp3) is 0.500. The van der Waals surface area contributed by atoms with E-state index in [2.05, 4.69) is 5.32 Å². The molecule has 0 aliphatic rings. The Balaban J connectivity index is 2.43. The first-order chi connectivity index (χ1) is 8.44. The number of halogens is 3. The predicted molar refractivity (Wildman–Crippen MR) is 67.9 cm³/mol. The van der Waals surface area contributed by atoms with Crippen molar-refractivity contribution in [3.63, 3.8) is 0 Å². The normalized spacial score (nSPS) is 13.4. The molecule has 0 saturated heterocycles. The van der Waals surface area contributed by atoms with Crippen LogP contribution in [-0.2, 0) is 0 Å². The number of hydrogen-bond acceptors (Lipinski definition) is 3. The molecule has 0 unspecified atom stereocenters. The third kappa shape index (κ3) is 5.18. The number of para-hydroxylation sites is 1. The minimum absolute atomic E-state index is 0.00297. The van der Waals surface area contributed by atoms with Gasteiger partial charge in [-0.3, -0.25) is 0 Å². The van der Waals surface area contributed by atoms with Gasteiger partial charge in [0.15, 0.2) is 0 Å². The average Bonchev–Trinajstić information content (AvgIpc) is 2.33. The number of methoxy groups -OCH3 is 1. The van der Waals surface area contributed by atoms with Crippen molar-refractivity contribution in [2.75, 3.05) is 19.4 Å². The van der Waals surface area contributed by atoms with Gasteiger partial charge in [-0.05, 0) is 24.8 Å².